The number of hydrogen-bond acceptors (Lipinski definition) is 1. The maximum Gasteiger partial charge on any atom is 0.142 e. The maximum atomic E-state index is 13.4. The summed E-state index contributed by atoms with van der Waals surface area (Å²) in [4.78, 5) is 0. The van der Waals surface area contributed by atoms with Gasteiger partial charge in [-0.3, -0.25) is 0 Å². The average Bonchev–Trinajstić information content (AvgIpc) is 2.41. The minimum absolute atomic E-state index is 0.0184. The van der Waals surface area contributed by atoms with Crippen LogP contribution in [0.15, 0.2) is 46.9 Å². The maximum absolute atomic E-state index is 13.4. The monoisotopic (exact) mass is 342 g/mol. The third-order valence-electron chi connectivity index (χ3n) is 3.06. The summed E-state index contributed by atoms with van der Waals surface area (Å²) >= 11 is 9.42. The molecule has 0 aliphatic carbocycles. The van der Waals surface area contributed by atoms with Gasteiger partial charge in [-0.25, -0.2) is 4.39 Å². The normalized spacial score (nSPS) is 12.4. The van der Waals surface area contributed by atoms with Crippen LogP contribution in [0, 0.1) is 5.82 Å². The van der Waals surface area contributed by atoms with Crippen LogP contribution in [0.25, 0.3) is 0 Å². The highest BCUT2D eigenvalue weighted by atomic mass is 79.9. The van der Waals surface area contributed by atoms with Gasteiger partial charge in [-0.2, -0.15) is 0 Å². The quantitative estimate of drug-likeness (QED) is 0.863. The van der Waals surface area contributed by atoms with Gasteiger partial charge in [-0.05, 0) is 29.7 Å². The average molecular weight is 344 g/mol. The first-order valence-corrected chi connectivity index (χ1v) is 7.08. The molecule has 0 heterocycles. The third kappa shape index (κ3) is 3.35. The van der Waals surface area contributed by atoms with Crippen LogP contribution < -0.4 is 0 Å². The lowest BCUT2D eigenvalue weighted by molar-refractivity contribution is 0.264. The molecule has 1 nitrogen and oxygen atoms in total. The second kappa shape index (κ2) is 6.51. The van der Waals surface area contributed by atoms with Gasteiger partial charge in [-0.15, -0.1) is 0 Å². The first-order valence-electron chi connectivity index (χ1n) is 5.91. The molecule has 1 atom stereocenters. The number of aliphatic hydroxyl groups excluding tert-OH is 1. The van der Waals surface area contributed by atoms with E-state index in [9.17, 15) is 9.50 Å². The van der Waals surface area contributed by atoms with Crippen LogP contribution in [0.3, 0.4) is 0 Å². The van der Waals surface area contributed by atoms with Crippen molar-refractivity contribution in [1.29, 1.82) is 0 Å². The Hall–Kier alpha value is -0.900. The zero-order chi connectivity index (χ0) is 13.8. The standard InChI is InChI=1S/C15H13BrClFO/c16-13-6-2-1-5-12(13)11(9-19)8-10-4-3-7-14(18)15(10)17/h1-7,11,19H,8-9H2. The molecular weight excluding hydrogens is 331 g/mol. The summed E-state index contributed by atoms with van der Waals surface area (Å²) in [6.45, 7) is -0.0184. The topological polar surface area (TPSA) is 20.2 Å². The molecule has 0 saturated heterocycles. The fourth-order valence-electron chi connectivity index (χ4n) is 2.05. The first kappa shape index (κ1) is 14.5. The molecule has 100 valence electrons. The molecule has 0 fully saturated rings. The Kier molecular flexibility index (Phi) is 4.97. The fraction of sp³-hybridized carbons (Fsp3) is 0.200. The van der Waals surface area contributed by atoms with E-state index in [0.29, 0.717) is 12.0 Å². The van der Waals surface area contributed by atoms with E-state index in [0.717, 1.165) is 10.0 Å². The molecule has 0 aliphatic heterocycles. The van der Waals surface area contributed by atoms with Gasteiger partial charge in [0.2, 0.25) is 0 Å². The molecule has 4 heteroatoms. The van der Waals surface area contributed by atoms with Crippen molar-refractivity contribution in [1.82, 2.24) is 0 Å². The minimum Gasteiger partial charge on any atom is -0.396 e. The Labute approximate surface area is 125 Å². The van der Waals surface area contributed by atoms with Crippen LogP contribution in [0.4, 0.5) is 4.39 Å². The summed E-state index contributed by atoms with van der Waals surface area (Å²) in [7, 11) is 0. The number of benzene rings is 2. The summed E-state index contributed by atoms with van der Waals surface area (Å²) < 4.78 is 14.3. The smallest absolute Gasteiger partial charge is 0.142 e. The van der Waals surface area contributed by atoms with Gasteiger partial charge in [0, 0.05) is 10.4 Å². The van der Waals surface area contributed by atoms with Gasteiger partial charge in [-0.1, -0.05) is 57.9 Å². The van der Waals surface area contributed by atoms with Crippen molar-refractivity contribution in [2.75, 3.05) is 6.61 Å². The van der Waals surface area contributed by atoms with E-state index in [1.54, 1.807) is 12.1 Å². The molecule has 19 heavy (non-hydrogen) atoms. The summed E-state index contributed by atoms with van der Waals surface area (Å²) in [5.74, 6) is -0.544. The predicted molar refractivity (Wildman–Crippen MR) is 79.1 cm³/mol. The highest BCUT2D eigenvalue weighted by Gasteiger charge is 2.16. The second-order valence-electron chi connectivity index (χ2n) is 4.32. The van der Waals surface area contributed by atoms with Crippen LogP contribution in [-0.2, 0) is 6.42 Å². The van der Waals surface area contributed by atoms with Crippen molar-refractivity contribution in [2.24, 2.45) is 0 Å². The second-order valence-corrected chi connectivity index (χ2v) is 5.55. The van der Waals surface area contributed by atoms with Crippen molar-refractivity contribution in [3.05, 3.63) is 68.9 Å². The Balaban J connectivity index is 2.30. The van der Waals surface area contributed by atoms with Crippen molar-refractivity contribution in [2.45, 2.75) is 12.3 Å². The summed E-state index contributed by atoms with van der Waals surface area (Å²) in [6.07, 6.45) is 0.496. The molecule has 0 spiro atoms. The minimum atomic E-state index is -0.428. The van der Waals surface area contributed by atoms with E-state index in [-0.39, 0.29) is 17.5 Å². The molecule has 0 saturated carbocycles. The van der Waals surface area contributed by atoms with E-state index in [1.807, 2.05) is 24.3 Å². The van der Waals surface area contributed by atoms with Gasteiger partial charge < -0.3 is 5.11 Å². The lowest BCUT2D eigenvalue weighted by Crippen LogP contribution is -2.09. The van der Waals surface area contributed by atoms with Crippen LogP contribution in [-0.4, -0.2) is 11.7 Å². The Morgan fingerprint density at radius 1 is 1.16 bits per heavy atom. The molecule has 2 rings (SSSR count). The zero-order valence-electron chi connectivity index (χ0n) is 10.1. The lowest BCUT2D eigenvalue weighted by Gasteiger charge is -2.17. The number of aliphatic hydroxyl groups is 1. The molecule has 1 N–H and O–H groups in total. The van der Waals surface area contributed by atoms with Crippen LogP contribution >= 0.6 is 27.5 Å². The molecule has 0 aromatic heterocycles. The van der Waals surface area contributed by atoms with Crippen molar-refractivity contribution in [3.63, 3.8) is 0 Å². The van der Waals surface area contributed by atoms with E-state index in [4.69, 9.17) is 11.6 Å². The summed E-state index contributed by atoms with van der Waals surface area (Å²) in [6, 6.07) is 12.4. The third-order valence-corrected chi connectivity index (χ3v) is 4.21. The summed E-state index contributed by atoms with van der Waals surface area (Å²) in [5.41, 5.74) is 1.70. The van der Waals surface area contributed by atoms with Crippen molar-refractivity contribution >= 4 is 27.5 Å². The van der Waals surface area contributed by atoms with Crippen molar-refractivity contribution in [3.8, 4) is 0 Å². The number of halogens is 3. The Morgan fingerprint density at radius 3 is 2.58 bits per heavy atom. The lowest BCUT2D eigenvalue weighted by atomic mass is 9.92. The molecule has 2 aromatic rings. The highest BCUT2D eigenvalue weighted by Crippen LogP contribution is 2.30. The van der Waals surface area contributed by atoms with E-state index in [2.05, 4.69) is 15.9 Å². The number of hydrogen-bond donors (Lipinski definition) is 1. The molecular formula is C15H13BrClFO. The Morgan fingerprint density at radius 2 is 1.89 bits per heavy atom. The van der Waals surface area contributed by atoms with Crippen LogP contribution in [0.5, 0.6) is 0 Å². The van der Waals surface area contributed by atoms with Crippen molar-refractivity contribution < 1.29 is 9.50 Å². The van der Waals surface area contributed by atoms with E-state index in [1.165, 1.54) is 6.07 Å². The predicted octanol–water partition coefficient (Wildman–Crippen LogP) is 4.56. The molecule has 0 aliphatic rings. The largest absolute Gasteiger partial charge is 0.396 e. The molecule has 0 radical (unpaired) electrons. The van der Waals surface area contributed by atoms with Gasteiger partial charge in [0.25, 0.3) is 0 Å². The van der Waals surface area contributed by atoms with Crippen LogP contribution in [0.2, 0.25) is 5.02 Å². The number of rotatable bonds is 4. The molecule has 0 amide bonds. The zero-order valence-corrected chi connectivity index (χ0v) is 12.5. The van der Waals surface area contributed by atoms with Crippen LogP contribution in [0.1, 0.15) is 17.0 Å². The summed E-state index contributed by atoms with van der Waals surface area (Å²) in [5, 5.41) is 9.70. The molecule has 0 bridgehead atoms. The van der Waals surface area contributed by atoms with Gasteiger partial charge in [0.05, 0.1) is 11.6 Å². The van der Waals surface area contributed by atoms with Gasteiger partial charge >= 0.3 is 0 Å². The van der Waals surface area contributed by atoms with E-state index < -0.39 is 5.82 Å². The van der Waals surface area contributed by atoms with E-state index >= 15 is 0 Å². The first-order chi connectivity index (χ1) is 9.13. The highest BCUT2D eigenvalue weighted by molar-refractivity contribution is 9.10. The fourth-order valence-corrected chi connectivity index (χ4v) is 2.86. The molecule has 2 aromatic carbocycles. The van der Waals surface area contributed by atoms with Gasteiger partial charge in [0.1, 0.15) is 5.82 Å². The van der Waals surface area contributed by atoms with Gasteiger partial charge in [0.15, 0.2) is 0 Å². The molecule has 1 unspecified atom stereocenters. The SMILES string of the molecule is OCC(Cc1cccc(F)c1Cl)c1ccccc1Br. The Bertz CT molecular complexity index is 574.